The minimum atomic E-state index is -0.898. The van der Waals surface area contributed by atoms with Crippen LogP contribution in [0.1, 0.15) is 34.5 Å². The summed E-state index contributed by atoms with van der Waals surface area (Å²) in [6.07, 6.45) is 2.74. The van der Waals surface area contributed by atoms with Crippen LogP contribution in [0.25, 0.3) is 0 Å². The van der Waals surface area contributed by atoms with E-state index in [0.29, 0.717) is 23.6 Å². The van der Waals surface area contributed by atoms with Crippen molar-refractivity contribution < 1.29 is 41.7 Å². The molecule has 46 heavy (non-hydrogen) atoms. The molecule has 1 saturated heterocycles. The molecule has 1 fully saturated rings. The molecule has 0 unspecified atom stereocenters. The van der Waals surface area contributed by atoms with Gasteiger partial charge in [-0.2, -0.15) is 0 Å². The smallest absolute Gasteiger partial charge is 0.337 e. The summed E-state index contributed by atoms with van der Waals surface area (Å²) in [7, 11) is 1.26. The Kier molecular flexibility index (Phi) is 10.6. The maximum Gasteiger partial charge on any atom is 0.337 e. The van der Waals surface area contributed by atoms with Crippen molar-refractivity contribution >= 4 is 34.9 Å². The molecule has 13 heteroatoms. The van der Waals surface area contributed by atoms with E-state index in [1.807, 2.05) is 0 Å². The van der Waals surface area contributed by atoms with Crippen LogP contribution in [0.3, 0.4) is 0 Å². The van der Waals surface area contributed by atoms with E-state index in [9.17, 15) is 14.0 Å². The number of esters is 1. The summed E-state index contributed by atoms with van der Waals surface area (Å²) in [4.78, 5) is 29.1. The molecule has 0 aliphatic carbocycles. The first-order chi connectivity index (χ1) is 22.2. The summed E-state index contributed by atoms with van der Waals surface area (Å²) in [6.45, 7) is 1.12. The van der Waals surface area contributed by atoms with Gasteiger partial charge in [-0.1, -0.05) is 11.6 Å². The van der Waals surface area contributed by atoms with Crippen LogP contribution >= 0.6 is 11.6 Å². The minimum absolute atomic E-state index is 0.0324. The maximum atomic E-state index is 15.0. The minimum Gasteiger partial charge on any atom is -0.484 e. The molecular formula is C33H29ClF3N3O6. The van der Waals surface area contributed by atoms with Crippen molar-refractivity contribution in [1.82, 2.24) is 4.98 Å². The fourth-order valence-electron chi connectivity index (χ4n) is 4.54. The molecule has 1 aromatic heterocycles. The SMILES string of the molecule is COC(=O)c1ccc(NC(=O)Cc2cc(F)c(Oc3ccnc(COc4ccc(Cl)cc4F)c3)cc2F)c(NCC[C@@H]2CCO2)c1. The number of nitrogens with one attached hydrogen (secondary N) is 2. The van der Waals surface area contributed by atoms with Gasteiger partial charge < -0.3 is 29.6 Å². The van der Waals surface area contributed by atoms with Crippen LogP contribution in [0, 0.1) is 17.5 Å². The van der Waals surface area contributed by atoms with Gasteiger partial charge in [0.15, 0.2) is 23.1 Å². The molecule has 0 saturated carbocycles. The number of hydrogen-bond acceptors (Lipinski definition) is 8. The third kappa shape index (κ3) is 8.46. The van der Waals surface area contributed by atoms with Crippen LogP contribution in [0.15, 0.2) is 66.9 Å². The second-order valence-electron chi connectivity index (χ2n) is 10.3. The number of benzene rings is 3. The van der Waals surface area contributed by atoms with Gasteiger partial charge in [-0.05, 0) is 61.4 Å². The first kappa shape index (κ1) is 32.6. The van der Waals surface area contributed by atoms with Crippen molar-refractivity contribution in [3.05, 3.63) is 106 Å². The average molecular weight is 656 g/mol. The van der Waals surface area contributed by atoms with E-state index < -0.39 is 41.5 Å². The highest BCUT2D eigenvalue weighted by Gasteiger charge is 2.19. The van der Waals surface area contributed by atoms with Gasteiger partial charge in [-0.3, -0.25) is 9.78 Å². The van der Waals surface area contributed by atoms with Gasteiger partial charge in [0.05, 0.1) is 42.3 Å². The first-order valence-electron chi connectivity index (χ1n) is 14.2. The molecule has 1 atom stereocenters. The van der Waals surface area contributed by atoms with Crippen LogP contribution in [-0.2, 0) is 27.3 Å². The Labute approximate surface area is 267 Å². The van der Waals surface area contributed by atoms with Crippen molar-refractivity contribution in [2.45, 2.75) is 32.0 Å². The van der Waals surface area contributed by atoms with Crippen LogP contribution < -0.4 is 20.1 Å². The van der Waals surface area contributed by atoms with Crippen LogP contribution in [0.5, 0.6) is 17.2 Å². The van der Waals surface area contributed by atoms with Crippen molar-refractivity contribution in [3.8, 4) is 17.2 Å². The number of carbonyl (C=O) groups excluding carboxylic acids is 2. The Balaban J connectivity index is 1.22. The molecule has 1 aliphatic rings. The molecule has 240 valence electrons. The van der Waals surface area contributed by atoms with E-state index >= 15 is 8.78 Å². The summed E-state index contributed by atoms with van der Waals surface area (Å²) in [5.41, 5.74) is 1.23. The van der Waals surface area contributed by atoms with E-state index in [0.717, 1.165) is 37.6 Å². The lowest BCUT2D eigenvalue weighted by atomic mass is 10.1. The molecule has 2 N–H and O–H groups in total. The molecule has 0 radical (unpaired) electrons. The normalized spacial score (nSPS) is 13.8. The molecule has 0 bridgehead atoms. The monoisotopic (exact) mass is 655 g/mol. The van der Waals surface area contributed by atoms with Gasteiger partial charge in [0.1, 0.15) is 18.2 Å². The van der Waals surface area contributed by atoms with Crippen LogP contribution in [0.2, 0.25) is 5.02 Å². The largest absolute Gasteiger partial charge is 0.484 e. The Morgan fingerprint density at radius 3 is 2.52 bits per heavy atom. The summed E-state index contributed by atoms with van der Waals surface area (Å²) in [5, 5.41) is 6.10. The highest BCUT2D eigenvalue weighted by molar-refractivity contribution is 6.30. The molecular weight excluding hydrogens is 627 g/mol. The number of methoxy groups -OCH3 is 1. The first-order valence-corrected chi connectivity index (χ1v) is 14.6. The fourth-order valence-corrected chi connectivity index (χ4v) is 4.70. The van der Waals surface area contributed by atoms with E-state index in [-0.39, 0.29) is 40.4 Å². The number of halogens is 4. The molecule has 3 aromatic carbocycles. The quantitative estimate of drug-likeness (QED) is 0.147. The average Bonchev–Trinajstić information content (AvgIpc) is 3.01. The van der Waals surface area contributed by atoms with Gasteiger partial charge in [0.2, 0.25) is 5.91 Å². The second kappa shape index (κ2) is 15.0. The lowest BCUT2D eigenvalue weighted by molar-refractivity contribution is -0.115. The second-order valence-corrected chi connectivity index (χ2v) is 10.7. The summed E-state index contributed by atoms with van der Waals surface area (Å²) in [5.74, 6) is -3.87. The number of aromatic nitrogens is 1. The number of amides is 1. The van der Waals surface area contributed by atoms with Gasteiger partial charge in [0.25, 0.3) is 0 Å². The predicted octanol–water partition coefficient (Wildman–Crippen LogP) is 7.08. The van der Waals surface area contributed by atoms with Crippen LogP contribution in [-0.4, -0.2) is 43.2 Å². The zero-order valence-electron chi connectivity index (χ0n) is 24.6. The molecule has 4 aromatic rings. The maximum absolute atomic E-state index is 15.0. The Hall–Kier alpha value is -4.81. The molecule has 9 nitrogen and oxygen atoms in total. The highest BCUT2D eigenvalue weighted by Crippen LogP contribution is 2.29. The number of hydrogen-bond donors (Lipinski definition) is 2. The Morgan fingerprint density at radius 2 is 1.78 bits per heavy atom. The van der Waals surface area contributed by atoms with E-state index in [4.69, 9.17) is 30.5 Å². The number of nitrogens with zero attached hydrogens (tertiary/aromatic N) is 1. The fraction of sp³-hybridized carbons (Fsp3) is 0.242. The van der Waals surface area contributed by atoms with Gasteiger partial charge in [-0.25, -0.2) is 18.0 Å². The van der Waals surface area contributed by atoms with E-state index in [1.165, 1.54) is 49.7 Å². The molecule has 1 aliphatic heterocycles. The molecule has 1 amide bonds. The summed E-state index contributed by atoms with van der Waals surface area (Å²) < 4.78 is 65.2. The predicted molar refractivity (Wildman–Crippen MR) is 164 cm³/mol. The topological polar surface area (TPSA) is 108 Å². The Bertz CT molecular complexity index is 1740. The highest BCUT2D eigenvalue weighted by atomic mass is 35.5. The van der Waals surface area contributed by atoms with E-state index in [1.54, 1.807) is 6.07 Å². The zero-order chi connectivity index (χ0) is 32.6. The Morgan fingerprint density at radius 1 is 0.978 bits per heavy atom. The van der Waals surface area contributed by atoms with Gasteiger partial charge in [-0.15, -0.1) is 0 Å². The molecule has 5 rings (SSSR count). The number of ether oxygens (including phenoxy) is 4. The van der Waals surface area contributed by atoms with Gasteiger partial charge in [0, 0.05) is 42.1 Å². The number of anilines is 2. The zero-order valence-corrected chi connectivity index (χ0v) is 25.3. The van der Waals surface area contributed by atoms with E-state index in [2.05, 4.69) is 15.6 Å². The standard InChI is InChI=1S/C33H29ClF3N3O6/c1-43-33(42)19-2-4-28(29(13-19)39-10-6-23-8-11-44-23)40-32(41)14-20-12-26(36)31(17-25(20)35)46-24-7-9-38-22(16-24)18-45-30-5-3-21(34)15-27(30)37/h2-5,7,9,12-13,15-17,23,39H,6,8,10-11,14,18H2,1H3,(H,40,41)/t23-/m1/s1. The lowest BCUT2D eigenvalue weighted by Gasteiger charge is -2.26. The third-order valence-corrected chi connectivity index (χ3v) is 7.26. The summed E-state index contributed by atoms with van der Waals surface area (Å²) in [6, 6.07) is 13.1. The molecule has 0 spiro atoms. The number of carbonyl (C=O) groups is 2. The van der Waals surface area contributed by atoms with Crippen molar-refractivity contribution in [1.29, 1.82) is 0 Å². The third-order valence-electron chi connectivity index (χ3n) is 7.03. The van der Waals surface area contributed by atoms with Crippen molar-refractivity contribution in [3.63, 3.8) is 0 Å². The van der Waals surface area contributed by atoms with Crippen molar-refractivity contribution in [2.24, 2.45) is 0 Å². The summed E-state index contributed by atoms with van der Waals surface area (Å²) >= 11 is 5.75. The lowest BCUT2D eigenvalue weighted by Crippen LogP contribution is -2.28. The van der Waals surface area contributed by atoms with Crippen LogP contribution in [0.4, 0.5) is 24.5 Å². The van der Waals surface area contributed by atoms with Crippen molar-refractivity contribution in [2.75, 3.05) is 30.9 Å². The molecule has 2 heterocycles. The number of rotatable bonds is 13. The number of pyridine rings is 1. The van der Waals surface area contributed by atoms with Gasteiger partial charge >= 0.3 is 5.97 Å².